The smallest absolute Gasteiger partial charge is 0.261 e. The van der Waals surface area contributed by atoms with Crippen molar-refractivity contribution < 1.29 is 23.8 Å². The van der Waals surface area contributed by atoms with Crippen molar-refractivity contribution in [2.45, 2.75) is 6.42 Å². The summed E-state index contributed by atoms with van der Waals surface area (Å²) in [5.74, 6) is 0.740. The predicted octanol–water partition coefficient (Wildman–Crippen LogP) is 2.43. The zero-order valence-corrected chi connectivity index (χ0v) is 17.1. The van der Waals surface area contributed by atoms with Crippen molar-refractivity contribution >= 4 is 29.2 Å². The van der Waals surface area contributed by atoms with E-state index in [-0.39, 0.29) is 30.1 Å². The van der Waals surface area contributed by atoms with Gasteiger partial charge in [0.25, 0.3) is 17.0 Å². The highest BCUT2D eigenvalue weighted by Crippen LogP contribution is 2.27. The molecule has 1 aliphatic rings. The molecule has 2 amide bonds. The molecular formula is C21H22N2O5S. The molecule has 0 fully saturated rings. The van der Waals surface area contributed by atoms with Gasteiger partial charge >= 0.3 is 0 Å². The lowest BCUT2D eigenvalue weighted by Crippen LogP contribution is -2.35. The molecule has 1 heterocycles. The van der Waals surface area contributed by atoms with Crippen LogP contribution >= 0.6 is 12.2 Å². The van der Waals surface area contributed by atoms with Crippen LogP contribution in [0.5, 0.6) is 11.5 Å². The van der Waals surface area contributed by atoms with Gasteiger partial charge in [0.2, 0.25) is 0 Å². The number of hydrogen-bond donors (Lipinski definition) is 1. The number of rotatable bonds is 8. The first-order valence-electron chi connectivity index (χ1n) is 9.12. The molecule has 1 aliphatic heterocycles. The van der Waals surface area contributed by atoms with Gasteiger partial charge in [-0.05, 0) is 48.5 Å². The Morgan fingerprint density at radius 2 is 1.66 bits per heavy atom. The number of carbonyl (C=O) groups is 2. The van der Waals surface area contributed by atoms with Crippen LogP contribution in [0, 0.1) is 0 Å². The van der Waals surface area contributed by atoms with Gasteiger partial charge in [0.1, 0.15) is 6.61 Å². The zero-order valence-electron chi connectivity index (χ0n) is 16.3. The Balaban J connectivity index is 1.41. The molecule has 0 spiro atoms. The summed E-state index contributed by atoms with van der Waals surface area (Å²) in [4.78, 5) is 25.8. The minimum Gasteiger partial charge on any atom is -0.493 e. The maximum atomic E-state index is 12.3. The van der Waals surface area contributed by atoms with Crippen LogP contribution in [0.2, 0.25) is 0 Å². The quantitative estimate of drug-likeness (QED) is 0.525. The number of amides is 2. The maximum Gasteiger partial charge on any atom is 0.261 e. The summed E-state index contributed by atoms with van der Waals surface area (Å²) in [5, 5.41) is 3.24. The van der Waals surface area contributed by atoms with Gasteiger partial charge in [-0.2, -0.15) is 0 Å². The first-order chi connectivity index (χ1) is 14.0. The second-order valence-corrected chi connectivity index (χ2v) is 6.68. The molecule has 8 heteroatoms. The first kappa shape index (κ1) is 20.6. The summed E-state index contributed by atoms with van der Waals surface area (Å²) in [6, 6.07) is 12.5. The number of fused-ring (bicyclic) bond motifs is 1. The third kappa shape index (κ3) is 4.65. The summed E-state index contributed by atoms with van der Waals surface area (Å²) in [5.41, 5.74) is 1.91. The lowest BCUT2D eigenvalue weighted by molar-refractivity contribution is 0.0628. The monoisotopic (exact) mass is 414 g/mol. The summed E-state index contributed by atoms with van der Waals surface area (Å²) in [6.07, 6.45) is 0.711. The molecule has 1 N–H and O–H groups in total. The lowest BCUT2D eigenvalue weighted by atomic mass is 10.1. The first-order valence-corrected chi connectivity index (χ1v) is 9.52. The number of nitrogens with one attached hydrogen (secondary N) is 1. The van der Waals surface area contributed by atoms with Crippen molar-refractivity contribution in [3.8, 4) is 11.5 Å². The Morgan fingerprint density at radius 3 is 2.28 bits per heavy atom. The van der Waals surface area contributed by atoms with Gasteiger partial charge in [0.15, 0.2) is 11.5 Å². The molecule has 0 radical (unpaired) electrons. The lowest BCUT2D eigenvalue weighted by Gasteiger charge is -2.15. The van der Waals surface area contributed by atoms with E-state index in [4.69, 9.17) is 26.4 Å². The zero-order chi connectivity index (χ0) is 20.8. The summed E-state index contributed by atoms with van der Waals surface area (Å²) >= 11 is 5.16. The number of thiocarbonyl (C=S) groups is 1. The predicted molar refractivity (Wildman–Crippen MR) is 112 cm³/mol. The van der Waals surface area contributed by atoms with Crippen LogP contribution in [-0.2, 0) is 11.2 Å². The highest BCUT2D eigenvalue weighted by Gasteiger charge is 2.34. The van der Waals surface area contributed by atoms with E-state index in [0.717, 1.165) is 5.56 Å². The average Bonchev–Trinajstić information content (AvgIpc) is 2.98. The van der Waals surface area contributed by atoms with Gasteiger partial charge < -0.3 is 19.5 Å². The van der Waals surface area contributed by atoms with Gasteiger partial charge in [0.05, 0.1) is 31.9 Å². The number of imide groups is 1. The topological polar surface area (TPSA) is 77.1 Å². The molecule has 2 aromatic rings. The normalized spacial score (nSPS) is 12.6. The van der Waals surface area contributed by atoms with E-state index in [0.29, 0.717) is 35.6 Å². The summed E-state index contributed by atoms with van der Waals surface area (Å²) in [7, 11) is 3.19. The van der Waals surface area contributed by atoms with Gasteiger partial charge in [0, 0.05) is 6.54 Å². The molecule has 152 valence electrons. The van der Waals surface area contributed by atoms with Crippen LogP contribution in [0.3, 0.4) is 0 Å². The second-order valence-electron chi connectivity index (χ2n) is 6.31. The third-order valence-corrected chi connectivity index (χ3v) is 4.82. The fraction of sp³-hybridized carbons (Fsp3) is 0.286. The number of nitrogens with zero attached hydrogens (tertiary/aromatic N) is 1. The molecule has 2 aromatic carbocycles. The van der Waals surface area contributed by atoms with E-state index in [1.807, 2.05) is 18.2 Å². The van der Waals surface area contributed by atoms with E-state index in [1.54, 1.807) is 38.5 Å². The molecule has 0 aromatic heterocycles. The molecule has 0 aliphatic carbocycles. The van der Waals surface area contributed by atoms with E-state index >= 15 is 0 Å². The van der Waals surface area contributed by atoms with Crippen molar-refractivity contribution in [3.05, 3.63) is 59.2 Å². The van der Waals surface area contributed by atoms with E-state index in [1.165, 1.54) is 4.90 Å². The van der Waals surface area contributed by atoms with E-state index < -0.39 is 0 Å². The van der Waals surface area contributed by atoms with Crippen molar-refractivity contribution in [1.82, 2.24) is 10.2 Å². The van der Waals surface area contributed by atoms with Gasteiger partial charge in [-0.15, -0.1) is 0 Å². The Kier molecular flexibility index (Phi) is 6.66. The molecule has 0 unspecified atom stereocenters. The van der Waals surface area contributed by atoms with Crippen LogP contribution in [0.4, 0.5) is 0 Å². The number of methoxy groups -OCH3 is 2. The van der Waals surface area contributed by atoms with Crippen LogP contribution in [0.1, 0.15) is 26.3 Å². The standard InChI is InChI=1S/C21H22N2O5S/c1-26-17-8-7-14(13-18(17)27-2)9-10-22-21(29)28-12-11-23-19(24)15-5-3-4-6-16(15)20(23)25/h3-8,13H,9-12H2,1-2H3,(H,22,29). The molecule has 3 rings (SSSR count). The molecule has 7 nitrogen and oxygen atoms in total. The number of ether oxygens (including phenoxy) is 3. The van der Waals surface area contributed by atoms with Crippen LogP contribution in [0.25, 0.3) is 0 Å². The van der Waals surface area contributed by atoms with Gasteiger partial charge in [-0.25, -0.2) is 0 Å². The fourth-order valence-corrected chi connectivity index (χ4v) is 3.25. The van der Waals surface area contributed by atoms with Crippen molar-refractivity contribution in [3.63, 3.8) is 0 Å². The molecule has 0 saturated heterocycles. The highest BCUT2D eigenvalue weighted by atomic mass is 32.1. The summed E-state index contributed by atoms with van der Waals surface area (Å²) in [6.45, 7) is 0.846. The Bertz CT molecular complexity index is 896. The average molecular weight is 414 g/mol. The molecule has 0 saturated carbocycles. The Hall–Kier alpha value is -3.13. The van der Waals surface area contributed by atoms with Gasteiger partial charge in [-0.1, -0.05) is 18.2 Å². The van der Waals surface area contributed by atoms with E-state index in [2.05, 4.69) is 5.32 Å². The van der Waals surface area contributed by atoms with Gasteiger partial charge in [-0.3, -0.25) is 14.5 Å². The third-order valence-electron chi connectivity index (χ3n) is 4.56. The largest absolute Gasteiger partial charge is 0.493 e. The van der Waals surface area contributed by atoms with Crippen LogP contribution in [-0.4, -0.2) is 55.8 Å². The number of benzene rings is 2. The molecular weight excluding hydrogens is 392 g/mol. The minimum absolute atomic E-state index is 0.133. The second kappa shape index (κ2) is 9.38. The van der Waals surface area contributed by atoms with Crippen LogP contribution < -0.4 is 14.8 Å². The Labute approximate surface area is 174 Å². The maximum absolute atomic E-state index is 12.3. The fourth-order valence-electron chi connectivity index (χ4n) is 3.07. The minimum atomic E-state index is -0.304. The van der Waals surface area contributed by atoms with Crippen molar-refractivity contribution in [2.24, 2.45) is 0 Å². The highest BCUT2D eigenvalue weighted by molar-refractivity contribution is 7.80. The van der Waals surface area contributed by atoms with Crippen molar-refractivity contribution in [1.29, 1.82) is 0 Å². The number of hydrogen-bond acceptors (Lipinski definition) is 6. The number of carbonyl (C=O) groups excluding carboxylic acids is 2. The van der Waals surface area contributed by atoms with Crippen LogP contribution in [0.15, 0.2) is 42.5 Å². The molecule has 29 heavy (non-hydrogen) atoms. The molecule has 0 atom stereocenters. The molecule has 0 bridgehead atoms. The van der Waals surface area contributed by atoms with E-state index in [9.17, 15) is 9.59 Å². The Morgan fingerprint density at radius 1 is 1.00 bits per heavy atom. The SMILES string of the molecule is COc1ccc(CCNC(=S)OCCN2C(=O)c3ccccc3C2=O)cc1OC. The van der Waals surface area contributed by atoms with Crippen molar-refractivity contribution in [2.75, 3.05) is 33.9 Å². The summed E-state index contributed by atoms with van der Waals surface area (Å²) < 4.78 is 16.0.